The van der Waals surface area contributed by atoms with Crippen LogP contribution in [0.1, 0.15) is 111 Å². The van der Waals surface area contributed by atoms with Gasteiger partial charge in [-0.1, -0.05) is 70.4 Å². The fourth-order valence-electron chi connectivity index (χ4n) is 3.19. The lowest BCUT2D eigenvalue weighted by atomic mass is 10.1. The minimum atomic E-state index is 0. The van der Waals surface area contributed by atoms with Gasteiger partial charge in [0, 0.05) is 0 Å². The molecule has 0 aromatic rings. The summed E-state index contributed by atoms with van der Waals surface area (Å²) in [5.41, 5.74) is 0. The summed E-state index contributed by atoms with van der Waals surface area (Å²) in [6.45, 7) is 8.33. The van der Waals surface area contributed by atoms with E-state index >= 15 is 0 Å². The van der Waals surface area contributed by atoms with Gasteiger partial charge in [0.05, 0.1) is 26.6 Å². The summed E-state index contributed by atoms with van der Waals surface area (Å²) in [7, 11) is 2.07. The van der Waals surface area contributed by atoms with Crippen molar-refractivity contribution < 1.29 is 21.7 Å². The van der Waals surface area contributed by atoms with E-state index in [1.165, 1.54) is 77.0 Å². The van der Waals surface area contributed by atoms with Crippen molar-refractivity contribution in [3.63, 3.8) is 0 Å². The molecule has 156 valence electrons. The van der Waals surface area contributed by atoms with E-state index in [0.29, 0.717) is 10.4 Å². The zero-order valence-corrected chi connectivity index (χ0v) is 19.0. The maximum atomic E-state index is 12.2. The van der Waals surface area contributed by atoms with Crippen LogP contribution in [0.3, 0.4) is 0 Å². The molecule has 0 saturated carbocycles. The molecular weight excluding hydrogens is 342 g/mol. The van der Waals surface area contributed by atoms with Crippen molar-refractivity contribution in [1.82, 2.24) is 0 Å². The van der Waals surface area contributed by atoms with E-state index in [1.54, 1.807) is 0 Å². The van der Waals surface area contributed by atoms with Crippen LogP contribution in [0.2, 0.25) is 0 Å². The number of rotatable bonds is 17. The molecular formula is C23H46ClNO. The van der Waals surface area contributed by atoms with Crippen molar-refractivity contribution >= 4 is 5.91 Å². The standard InChI is InChI=1S/C23H46NO.ClH/c1-5-8-9-10-11-12-13-14-15-16-17-18-19-20-21-22-23(25)24(4,6-2)7-3;/h14-15H,5-13,16-22H2,1-4H3;1H/q+1;/p-1. The van der Waals surface area contributed by atoms with Crippen molar-refractivity contribution in [3.05, 3.63) is 12.2 Å². The number of nitrogens with zero attached hydrogens (tertiary/aromatic N) is 1. The van der Waals surface area contributed by atoms with Crippen LogP contribution in [0.4, 0.5) is 0 Å². The highest BCUT2D eigenvalue weighted by molar-refractivity contribution is 5.68. The molecule has 0 aromatic heterocycles. The van der Waals surface area contributed by atoms with Gasteiger partial charge in [0.25, 0.3) is 0 Å². The van der Waals surface area contributed by atoms with Crippen molar-refractivity contribution in [2.24, 2.45) is 0 Å². The second-order valence-corrected chi connectivity index (χ2v) is 7.76. The molecule has 0 aliphatic heterocycles. The first-order valence-electron chi connectivity index (χ1n) is 11.1. The van der Waals surface area contributed by atoms with Gasteiger partial charge in [0.15, 0.2) is 0 Å². The number of quaternary nitrogens is 1. The first-order valence-corrected chi connectivity index (χ1v) is 11.1. The van der Waals surface area contributed by atoms with Crippen LogP contribution in [0.15, 0.2) is 12.2 Å². The average Bonchev–Trinajstić information content (AvgIpc) is 2.63. The molecule has 3 heteroatoms. The Labute approximate surface area is 170 Å². The highest BCUT2D eigenvalue weighted by Crippen LogP contribution is 2.12. The predicted octanol–water partition coefficient (Wildman–Crippen LogP) is 4.04. The summed E-state index contributed by atoms with van der Waals surface area (Å²) in [6, 6.07) is 0. The van der Waals surface area contributed by atoms with Gasteiger partial charge in [-0.15, -0.1) is 0 Å². The van der Waals surface area contributed by atoms with Gasteiger partial charge in [-0.25, -0.2) is 4.79 Å². The third-order valence-electron chi connectivity index (χ3n) is 5.65. The first-order chi connectivity index (χ1) is 12.1. The Morgan fingerprint density at radius 1 is 0.692 bits per heavy atom. The fraction of sp³-hybridized carbons (Fsp3) is 0.870. The summed E-state index contributed by atoms with van der Waals surface area (Å²) >= 11 is 0. The maximum Gasteiger partial charge on any atom is 0.313 e. The molecule has 0 radical (unpaired) electrons. The zero-order valence-electron chi connectivity index (χ0n) is 18.2. The Balaban J connectivity index is 0. The van der Waals surface area contributed by atoms with Gasteiger partial charge >= 0.3 is 5.91 Å². The van der Waals surface area contributed by atoms with E-state index in [4.69, 9.17) is 0 Å². The molecule has 0 aromatic carbocycles. The largest absolute Gasteiger partial charge is 1.00 e. The molecule has 2 nitrogen and oxygen atoms in total. The minimum absolute atomic E-state index is 0. The van der Waals surface area contributed by atoms with Gasteiger partial charge in [-0.3, -0.25) is 4.48 Å². The fourth-order valence-corrected chi connectivity index (χ4v) is 3.19. The number of unbranched alkanes of at least 4 members (excludes halogenated alkanes) is 11. The molecule has 0 atom stereocenters. The van der Waals surface area contributed by atoms with Crippen LogP contribution in [0.25, 0.3) is 0 Å². The number of carbonyl (C=O) groups excluding carboxylic acids is 1. The van der Waals surface area contributed by atoms with Gasteiger partial charge in [-0.2, -0.15) is 0 Å². The van der Waals surface area contributed by atoms with E-state index in [0.717, 1.165) is 25.9 Å². The highest BCUT2D eigenvalue weighted by atomic mass is 35.5. The normalized spacial score (nSPS) is 11.7. The van der Waals surface area contributed by atoms with E-state index in [2.05, 4.69) is 40.0 Å². The Hall–Kier alpha value is -0.340. The van der Waals surface area contributed by atoms with Gasteiger partial charge in [0.1, 0.15) is 0 Å². The molecule has 0 aliphatic rings. The van der Waals surface area contributed by atoms with Crippen LogP contribution >= 0.6 is 0 Å². The van der Waals surface area contributed by atoms with Gasteiger partial charge in [0.2, 0.25) is 0 Å². The van der Waals surface area contributed by atoms with Crippen LogP contribution in [-0.4, -0.2) is 30.5 Å². The topological polar surface area (TPSA) is 17.1 Å². The Kier molecular flexibility index (Phi) is 20.8. The number of allylic oxidation sites excluding steroid dienone is 2. The molecule has 0 fully saturated rings. The van der Waals surface area contributed by atoms with E-state index in [9.17, 15) is 4.79 Å². The Morgan fingerprint density at radius 2 is 1.12 bits per heavy atom. The summed E-state index contributed by atoms with van der Waals surface area (Å²) < 4.78 is 0.601. The van der Waals surface area contributed by atoms with Crippen LogP contribution in [0.5, 0.6) is 0 Å². The molecule has 0 saturated heterocycles. The van der Waals surface area contributed by atoms with Gasteiger partial charge in [-0.05, 0) is 46.0 Å². The van der Waals surface area contributed by atoms with E-state index < -0.39 is 0 Å². The highest BCUT2D eigenvalue weighted by Gasteiger charge is 2.26. The lowest BCUT2D eigenvalue weighted by molar-refractivity contribution is -0.831. The van der Waals surface area contributed by atoms with Crippen LogP contribution in [0, 0.1) is 0 Å². The van der Waals surface area contributed by atoms with E-state index in [1.807, 2.05) is 0 Å². The number of amides is 1. The second kappa shape index (κ2) is 19.4. The second-order valence-electron chi connectivity index (χ2n) is 7.76. The van der Waals surface area contributed by atoms with Crippen molar-refractivity contribution in [3.8, 4) is 0 Å². The monoisotopic (exact) mass is 387 g/mol. The number of carbonyl (C=O) groups is 1. The summed E-state index contributed by atoms with van der Waals surface area (Å²) in [6.07, 6.45) is 22.5. The predicted molar refractivity (Wildman–Crippen MR) is 112 cm³/mol. The molecule has 1 amide bonds. The maximum absolute atomic E-state index is 12.2. The number of halogens is 1. The van der Waals surface area contributed by atoms with Crippen LogP contribution < -0.4 is 12.4 Å². The minimum Gasteiger partial charge on any atom is -1.00 e. The summed E-state index contributed by atoms with van der Waals surface area (Å²) in [5, 5.41) is 0. The molecule has 0 spiro atoms. The molecule has 26 heavy (non-hydrogen) atoms. The quantitative estimate of drug-likeness (QED) is 0.209. The molecule has 0 N–H and O–H groups in total. The zero-order chi connectivity index (χ0) is 18.8. The number of hydrogen-bond donors (Lipinski definition) is 0. The average molecular weight is 388 g/mol. The van der Waals surface area contributed by atoms with Crippen molar-refractivity contribution in [2.75, 3.05) is 20.1 Å². The third-order valence-corrected chi connectivity index (χ3v) is 5.65. The lowest BCUT2D eigenvalue weighted by Gasteiger charge is -2.28. The van der Waals surface area contributed by atoms with E-state index in [-0.39, 0.29) is 12.4 Å². The molecule has 0 heterocycles. The Morgan fingerprint density at radius 3 is 1.58 bits per heavy atom. The smallest absolute Gasteiger partial charge is 0.313 e. The third kappa shape index (κ3) is 14.8. The Bertz CT molecular complexity index is 337. The lowest BCUT2D eigenvalue weighted by Crippen LogP contribution is -3.00. The molecule has 0 unspecified atom stereocenters. The van der Waals surface area contributed by atoms with Gasteiger partial charge < -0.3 is 12.4 Å². The molecule has 0 aliphatic carbocycles. The van der Waals surface area contributed by atoms with Crippen LogP contribution in [-0.2, 0) is 4.79 Å². The summed E-state index contributed by atoms with van der Waals surface area (Å²) in [4.78, 5) is 12.2. The van der Waals surface area contributed by atoms with Crippen molar-refractivity contribution in [2.45, 2.75) is 111 Å². The SMILES string of the molecule is CCCCCCCCC=CCCCCCCCC(=O)[N+](C)(CC)CC.[Cl-]. The first kappa shape index (κ1) is 27.9. The van der Waals surface area contributed by atoms with Crippen molar-refractivity contribution in [1.29, 1.82) is 0 Å². The number of hydrogen-bond acceptors (Lipinski definition) is 1. The summed E-state index contributed by atoms with van der Waals surface area (Å²) in [5.74, 6) is 0.419. The molecule has 0 bridgehead atoms. The molecule has 0 rings (SSSR count).